The van der Waals surface area contributed by atoms with Gasteiger partial charge in [-0.3, -0.25) is 0 Å². The third kappa shape index (κ3) is 7.05. The van der Waals surface area contributed by atoms with Gasteiger partial charge in [0.15, 0.2) is 5.17 Å². The highest BCUT2D eigenvalue weighted by Gasteiger charge is 2.71. The number of aromatic nitrogens is 1. The lowest BCUT2D eigenvalue weighted by molar-refractivity contribution is 0.0109. The number of nitrogens with zero attached hydrogens (tertiary/aromatic N) is 3. The zero-order chi connectivity index (χ0) is 31.3. The lowest BCUT2D eigenvalue weighted by Gasteiger charge is -2.38. The van der Waals surface area contributed by atoms with Crippen molar-refractivity contribution in [2.75, 3.05) is 20.0 Å². The number of hydrogen-bond acceptors (Lipinski definition) is 7. The zero-order valence-electron chi connectivity index (χ0n) is 25.9. The van der Waals surface area contributed by atoms with Crippen molar-refractivity contribution in [2.24, 2.45) is 10.9 Å². The molecule has 0 bridgehead atoms. The van der Waals surface area contributed by atoms with E-state index in [9.17, 15) is 4.79 Å². The van der Waals surface area contributed by atoms with E-state index in [0.717, 1.165) is 11.4 Å². The molecule has 0 unspecified atom stereocenters. The van der Waals surface area contributed by atoms with Gasteiger partial charge in [-0.05, 0) is 51.4 Å². The molecule has 13 heteroatoms. The summed E-state index contributed by atoms with van der Waals surface area (Å²) in [6.07, 6.45) is -0.182. The number of hydrogen-bond donors (Lipinski definition) is 0. The number of halogens is 3. The van der Waals surface area contributed by atoms with E-state index in [1.54, 1.807) is 32.9 Å². The number of amidine groups is 1. The summed E-state index contributed by atoms with van der Waals surface area (Å²) in [6, 6.07) is 7.31. The number of benzene rings is 1. The van der Waals surface area contributed by atoms with Crippen molar-refractivity contribution in [2.45, 2.75) is 88.4 Å². The molecular formula is C29H42BrF2N3O4SSi2. The molecule has 0 saturated heterocycles. The monoisotopic (exact) mass is 701 g/mol. The second-order valence-corrected chi connectivity index (χ2v) is 27.2. The van der Waals surface area contributed by atoms with Gasteiger partial charge in [-0.2, -0.15) is 0 Å². The number of amides is 1. The Balaban J connectivity index is 1.84. The smallest absolute Gasteiger partial charge is 0.418 e. The van der Waals surface area contributed by atoms with Gasteiger partial charge in [0.05, 0.1) is 4.75 Å². The molecule has 2 aliphatic rings. The topological polar surface area (TPSA) is 77.2 Å². The average Bonchev–Trinajstić information content (AvgIpc) is 3.37. The van der Waals surface area contributed by atoms with Crippen molar-refractivity contribution in [1.29, 1.82) is 0 Å². The van der Waals surface area contributed by atoms with Gasteiger partial charge < -0.3 is 14.0 Å². The fourth-order valence-corrected chi connectivity index (χ4v) is 8.50. The molecule has 3 atom stereocenters. The molecular weight excluding hydrogens is 660 g/mol. The number of carbonyl (C=O) groups excluding carboxylic acids is 1. The lowest BCUT2D eigenvalue weighted by atomic mass is 9.84. The summed E-state index contributed by atoms with van der Waals surface area (Å²) in [5, 5.41) is 5.48. The summed E-state index contributed by atoms with van der Waals surface area (Å²) in [5.74, 6) is -0.981. The Hall–Kier alpha value is -1.55. The molecule has 7 nitrogen and oxygen atoms in total. The van der Waals surface area contributed by atoms with Gasteiger partial charge in [0.1, 0.15) is 49.5 Å². The number of alkyl halides is 1. The fraction of sp³-hybridized carbons (Fsp3) is 0.621. The molecule has 4 rings (SSSR count). The molecule has 0 N–H and O–H groups in total. The quantitative estimate of drug-likeness (QED) is 0.151. The van der Waals surface area contributed by atoms with Crippen molar-refractivity contribution in [3.63, 3.8) is 0 Å². The maximum absolute atomic E-state index is 15.5. The number of thioether (sulfide) groups is 1. The highest BCUT2D eigenvalue weighted by molar-refractivity contribution is 9.10. The van der Waals surface area contributed by atoms with Gasteiger partial charge in [-0.1, -0.05) is 72.1 Å². The van der Waals surface area contributed by atoms with Crippen molar-refractivity contribution >= 4 is 60.5 Å². The van der Waals surface area contributed by atoms with E-state index in [1.807, 2.05) is 6.07 Å². The summed E-state index contributed by atoms with van der Waals surface area (Å²) in [4.78, 5) is 19.8. The minimum absolute atomic E-state index is 0.127. The van der Waals surface area contributed by atoms with Crippen LogP contribution in [0, 0.1) is 11.7 Å². The van der Waals surface area contributed by atoms with Gasteiger partial charge in [0.25, 0.3) is 0 Å². The molecule has 42 heavy (non-hydrogen) atoms. The van der Waals surface area contributed by atoms with E-state index >= 15 is 8.78 Å². The highest BCUT2D eigenvalue weighted by atomic mass is 79.9. The van der Waals surface area contributed by atoms with Gasteiger partial charge in [-0.25, -0.2) is 23.5 Å². The summed E-state index contributed by atoms with van der Waals surface area (Å²) >= 11 is 4.75. The number of carbonyl (C=O) groups is 1. The highest BCUT2D eigenvalue weighted by Crippen LogP contribution is 2.71. The largest absolute Gasteiger partial charge is 0.443 e. The Kier molecular flexibility index (Phi) is 9.33. The third-order valence-electron chi connectivity index (χ3n) is 7.40. The Labute approximate surface area is 262 Å². The van der Waals surface area contributed by atoms with Crippen LogP contribution < -0.4 is 5.38 Å². The van der Waals surface area contributed by atoms with Crippen LogP contribution in [0.25, 0.3) is 0 Å². The van der Waals surface area contributed by atoms with Crippen LogP contribution in [-0.4, -0.2) is 63.1 Å². The Bertz CT molecular complexity index is 1360. The van der Waals surface area contributed by atoms with Crippen molar-refractivity contribution in [1.82, 2.24) is 10.1 Å². The van der Waals surface area contributed by atoms with Crippen molar-refractivity contribution in [3.8, 4) is 0 Å². The second-order valence-electron chi connectivity index (χ2n) is 14.4. The SMILES string of the molecule is CC(C)(C)OC(=O)N(COCC[Si](C)(C)C)C1=N[C@](CF)(c2cc(Br)ccc2F)[C@@H]2C[C@]2(c2cc([Si](C)(C)C)on2)S1. The Morgan fingerprint density at radius 2 is 1.90 bits per heavy atom. The fourth-order valence-electron chi connectivity index (χ4n) is 4.93. The predicted octanol–water partition coefficient (Wildman–Crippen LogP) is 7.85. The summed E-state index contributed by atoms with van der Waals surface area (Å²) in [7, 11) is -3.24. The van der Waals surface area contributed by atoms with E-state index in [2.05, 4.69) is 60.4 Å². The maximum Gasteiger partial charge on any atom is 0.418 e. The van der Waals surface area contributed by atoms with E-state index in [1.165, 1.54) is 22.7 Å². The average molecular weight is 703 g/mol. The van der Waals surface area contributed by atoms with Gasteiger partial charge in [-0.15, -0.1) is 0 Å². The first-order chi connectivity index (χ1) is 19.3. The van der Waals surface area contributed by atoms with Crippen LogP contribution in [0.5, 0.6) is 0 Å². The summed E-state index contributed by atoms with van der Waals surface area (Å²) in [5.41, 5.74) is -1.61. The minimum atomic E-state index is -1.85. The molecule has 1 amide bonds. The van der Waals surface area contributed by atoms with Crippen molar-refractivity contribution < 1.29 is 27.6 Å². The molecule has 232 valence electrons. The third-order valence-corrected chi connectivity index (χ3v) is 12.8. The zero-order valence-corrected chi connectivity index (χ0v) is 30.3. The van der Waals surface area contributed by atoms with Crippen LogP contribution in [0.1, 0.15) is 38.4 Å². The molecule has 1 aliphatic carbocycles. The van der Waals surface area contributed by atoms with Crippen LogP contribution in [0.3, 0.4) is 0 Å². The lowest BCUT2D eigenvalue weighted by Crippen LogP contribution is -2.46. The number of ether oxygens (including phenoxy) is 2. The number of rotatable bonds is 9. The molecule has 1 fully saturated rings. The Morgan fingerprint density at radius 1 is 1.21 bits per heavy atom. The molecule has 2 aromatic rings. The first-order valence-corrected chi connectivity index (χ1v) is 23.0. The predicted molar refractivity (Wildman–Crippen MR) is 173 cm³/mol. The molecule has 1 aromatic carbocycles. The summed E-state index contributed by atoms with van der Waals surface area (Å²) < 4.78 is 48.5. The van der Waals surface area contributed by atoms with E-state index in [-0.39, 0.29) is 17.5 Å². The van der Waals surface area contributed by atoms with Crippen LogP contribution in [0.15, 0.2) is 38.3 Å². The molecule has 0 spiro atoms. The minimum Gasteiger partial charge on any atom is -0.443 e. The standard InChI is InChI=1S/C29H42BrF2N3O4SSi2/c1-27(2,3)38-26(36)35(18-37-12-13-41(4,5)6)25-33-28(17-31,20-14-19(30)10-11-21(20)32)22-16-29(22,40-25)23-15-24(39-34-23)42(7,8)9/h10-11,14-15,22H,12-13,16-18H2,1-9H3/t22-,28+,29-/m0/s1. The van der Waals surface area contributed by atoms with E-state index in [0.29, 0.717) is 23.2 Å². The molecule has 2 heterocycles. The molecule has 1 aromatic heterocycles. The molecule has 1 aliphatic heterocycles. The van der Waals surface area contributed by atoms with E-state index < -0.39 is 56.5 Å². The number of fused-ring (bicyclic) bond motifs is 1. The first-order valence-electron chi connectivity index (χ1n) is 14.2. The van der Waals surface area contributed by atoms with Crippen molar-refractivity contribution in [3.05, 3.63) is 45.8 Å². The maximum atomic E-state index is 15.5. The first kappa shape index (κ1) is 33.3. The Morgan fingerprint density at radius 3 is 2.48 bits per heavy atom. The van der Waals surface area contributed by atoms with Gasteiger partial charge >= 0.3 is 6.09 Å². The van der Waals surface area contributed by atoms with Gasteiger partial charge in [0, 0.05) is 36.7 Å². The molecule has 0 radical (unpaired) electrons. The summed E-state index contributed by atoms with van der Waals surface area (Å²) in [6.45, 7) is 17.9. The normalized spacial score (nSPS) is 24.2. The van der Waals surface area contributed by atoms with Crippen LogP contribution >= 0.6 is 27.7 Å². The van der Waals surface area contributed by atoms with Crippen LogP contribution in [0.2, 0.25) is 45.3 Å². The van der Waals surface area contributed by atoms with Crippen LogP contribution in [0.4, 0.5) is 13.6 Å². The molecule has 1 saturated carbocycles. The van der Waals surface area contributed by atoms with E-state index in [4.69, 9.17) is 19.0 Å². The number of aliphatic imine (C=N–C) groups is 1. The van der Waals surface area contributed by atoms with Crippen LogP contribution in [-0.2, 0) is 19.8 Å². The van der Waals surface area contributed by atoms with Gasteiger partial charge in [0.2, 0.25) is 0 Å². The second kappa shape index (κ2) is 11.8.